The van der Waals surface area contributed by atoms with Gasteiger partial charge < -0.3 is 20.0 Å². The molecule has 3 saturated carbocycles. The number of oxime groups is 1. The minimum absolute atomic E-state index is 0.125. The number of nitrogens with zero attached hydrogens (tertiary/aromatic N) is 2. The average Bonchev–Trinajstić information content (AvgIpc) is 3.43. The lowest BCUT2D eigenvalue weighted by Crippen LogP contribution is -2.54. The van der Waals surface area contributed by atoms with E-state index >= 15 is 0 Å². The van der Waals surface area contributed by atoms with Crippen LogP contribution in [-0.4, -0.2) is 57.5 Å². The Labute approximate surface area is 208 Å². The highest BCUT2D eigenvalue weighted by atomic mass is 16.6. The van der Waals surface area contributed by atoms with Crippen molar-refractivity contribution in [2.45, 2.75) is 89.7 Å². The van der Waals surface area contributed by atoms with Gasteiger partial charge in [-0.15, -0.1) is 6.42 Å². The first-order valence-corrected chi connectivity index (χ1v) is 13.3. The van der Waals surface area contributed by atoms with Crippen LogP contribution in [0, 0.1) is 40.9 Å². The van der Waals surface area contributed by atoms with Crippen molar-refractivity contribution in [3.05, 3.63) is 11.6 Å². The molecule has 0 radical (unpaired) electrons. The van der Waals surface area contributed by atoms with Gasteiger partial charge in [0.25, 0.3) is 5.91 Å². The van der Waals surface area contributed by atoms with Crippen LogP contribution in [0.5, 0.6) is 0 Å². The summed E-state index contributed by atoms with van der Waals surface area (Å²) in [4.78, 5) is 30.6. The summed E-state index contributed by atoms with van der Waals surface area (Å²) in [6.45, 7) is 4.86. The Hall–Kier alpha value is -2.33. The highest BCUT2D eigenvalue weighted by Gasteiger charge is 2.63. The van der Waals surface area contributed by atoms with E-state index in [9.17, 15) is 19.8 Å². The van der Waals surface area contributed by atoms with Crippen LogP contribution < -0.4 is 0 Å². The van der Waals surface area contributed by atoms with Gasteiger partial charge in [0.15, 0.2) is 6.61 Å². The van der Waals surface area contributed by atoms with Crippen molar-refractivity contribution in [2.24, 2.45) is 33.7 Å². The highest BCUT2D eigenvalue weighted by molar-refractivity contribution is 5.96. The van der Waals surface area contributed by atoms with E-state index in [1.165, 1.54) is 10.5 Å². The Morgan fingerprint density at radius 2 is 1.94 bits per heavy atom. The zero-order valence-electron chi connectivity index (χ0n) is 21.0. The lowest BCUT2D eigenvalue weighted by molar-refractivity contribution is -0.150. The van der Waals surface area contributed by atoms with Crippen molar-refractivity contribution >= 4 is 17.6 Å². The van der Waals surface area contributed by atoms with E-state index in [4.69, 9.17) is 11.3 Å². The van der Waals surface area contributed by atoms with Crippen LogP contribution in [0.2, 0.25) is 0 Å². The fraction of sp³-hybridized carbons (Fsp3) is 0.750. The molecule has 5 aliphatic rings. The van der Waals surface area contributed by atoms with Crippen molar-refractivity contribution < 1.29 is 24.6 Å². The van der Waals surface area contributed by atoms with Crippen LogP contribution in [0.25, 0.3) is 0 Å². The molecule has 35 heavy (non-hydrogen) atoms. The standard InChI is InChI=1S/C28H38N2O5/c1-4-28(34)14-11-22-20-8-7-18-16-19(9-12-26(18,2)21(20)10-13-27(22,28)3)29-35-17-24(31)30-15-5-6-23(30)25(32)33/h1,16,20-23,34H,5-15,17H2,2-3H3,(H,32,33)/b29-19-/t20-,21+,22-,23+,26+,27+,28-/m1/s1. The summed E-state index contributed by atoms with van der Waals surface area (Å²) in [6.07, 6.45) is 16.9. The lowest BCUT2D eigenvalue weighted by atomic mass is 9.46. The van der Waals surface area contributed by atoms with Crippen LogP contribution in [0.4, 0.5) is 0 Å². The second-order valence-corrected chi connectivity index (χ2v) is 11.9. The number of aliphatic hydroxyl groups is 1. The number of hydrogen-bond donors (Lipinski definition) is 2. The van der Waals surface area contributed by atoms with Gasteiger partial charge in [0.2, 0.25) is 0 Å². The number of fused-ring (bicyclic) bond motifs is 5. The van der Waals surface area contributed by atoms with E-state index in [1.54, 1.807) is 0 Å². The quantitative estimate of drug-likeness (QED) is 0.470. The molecule has 2 N–H and O–H groups in total. The van der Waals surface area contributed by atoms with Crippen LogP contribution in [0.3, 0.4) is 0 Å². The predicted octanol–water partition coefficient (Wildman–Crippen LogP) is 3.76. The van der Waals surface area contributed by atoms with E-state index in [0.29, 0.717) is 43.6 Å². The number of likely N-dealkylation sites (tertiary alicyclic amines) is 1. The Morgan fingerprint density at radius 1 is 1.17 bits per heavy atom. The molecule has 190 valence electrons. The van der Waals surface area contributed by atoms with Crippen LogP contribution in [-0.2, 0) is 14.4 Å². The number of carbonyl (C=O) groups excluding carboxylic acids is 1. The van der Waals surface area contributed by atoms with Crippen LogP contribution in [0.1, 0.15) is 78.1 Å². The normalized spacial score (nSPS) is 43.5. The molecule has 0 aromatic heterocycles. The largest absolute Gasteiger partial charge is 0.480 e. The fourth-order valence-corrected chi connectivity index (χ4v) is 8.47. The average molecular weight is 483 g/mol. The molecular weight excluding hydrogens is 444 g/mol. The highest BCUT2D eigenvalue weighted by Crippen LogP contribution is 2.67. The molecule has 0 unspecified atom stereocenters. The van der Waals surface area contributed by atoms with Gasteiger partial charge in [0, 0.05) is 12.0 Å². The van der Waals surface area contributed by atoms with Crippen molar-refractivity contribution in [1.82, 2.24) is 4.90 Å². The van der Waals surface area contributed by atoms with Gasteiger partial charge >= 0.3 is 5.97 Å². The minimum atomic E-state index is -0.972. The number of rotatable bonds is 4. The zero-order valence-corrected chi connectivity index (χ0v) is 21.0. The molecule has 0 bridgehead atoms. The topological polar surface area (TPSA) is 99.4 Å². The molecule has 5 rings (SSSR count). The Kier molecular flexibility index (Phi) is 6.03. The lowest BCUT2D eigenvalue weighted by Gasteiger charge is -2.58. The summed E-state index contributed by atoms with van der Waals surface area (Å²) in [7, 11) is 0. The van der Waals surface area contributed by atoms with Gasteiger partial charge in [-0.3, -0.25) is 4.79 Å². The number of carboxylic acids is 1. The van der Waals surface area contributed by atoms with Crippen molar-refractivity contribution in [3.8, 4) is 12.3 Å². The first-order valence-electron chi connectivity index (χ1n) is 13.3. The smallest absolute Gasteiger partial charge is 0.326 e. The third-order valence-corrected chi connectivity index (χ3v) is 10.6. The number of aliphatic carboxylic acids is 1. The summed E-state index contributed by atoms with van der Waals surface area (Å²) in [5.41, 5.74) is 1.26. The van der Waals surface area contributed by atoms with Crippen LogP contribution >= 0.6 is 0 Å². The van der Waals surface area contributed by atoms with Crippen molar-refractivity contribution in [1.29, 1.82) is 0 Å². The molecule has 0 spiro atoms. The van der Waals surface area contributed by atoms with Crippen molar-refractivity contribution in [2.75, 3.05) is 13.2 Å². The maximum atomic E-state index is 12.4. The Morgan fingerprint density at radius 3 is 2.69 bits per heavy atom. The van der Waals surface area contributed by atoms with E-state index < -0.39 is 17.6 Å². The molecule has 0 aromatic carbocycles. The summed E-state index contributed by atoms with van der Waals surface area (Å²) >= 11 is 0. The number of allylic oxidation sites excluding steroid dienone is 2. The van der Waals surface area contributed by atoms with Crippen molar-refractivity contribution in [3.63, 3.8) is 0 Å². The van der Waals surface area contributed by atoms with Gasteiger partial charge in [0.1, 0.15) is 11.6 Å². The first kappa shape index (κ1) is 24.4. The van der Waals surface area contributed by atoms with Crippen LogP contribution in [0.15, 0.2) is 16.8 Å². The molecule has 1 saturated heterocycles. The van der Waals surface area contributed by atoms with E-state index in [0.717, 1.165) is 50.7 Å². The monoisotopic (exact) mass is 482 g/mol. The fourth-order valence-electron chi connectivity index (χ4n) is 8.47. The van der Waals surface area contributed by atoms with Gasteiger partial charge in [-0.25, -0.2) is 4.79 Å². The molecule has 1 aliphatic heterocycles. The van der Waals surface area contributed by atoms with Gasteiger partial charge in [-0.05, 0) is 93.5 Å². The maximum Gasteiger partial charge on any atom is 0.326 e. The number of hydrogen-bond acceptors (Lipinski definition) is 5. The number of terminal acetylenes is 1. The zero-order chi connectivity index (χ0) is 25.0. The second kappa shape index (κ2) is 8.65. The SMILES string of the molecule is C#C[C@@]1(O)CC[C@@H]2[C@@H]3CCC4=C/C(=N\OCC(=O)N5CCC[C@H]5C(=O)O)CC[C@]4(C)[C@H]3CC[C@@]21C. The Balaban J connectivity index is 1.25. The van der Waals surface area contributed by atoms with Gasteiger partial charge in [0.05, 0.1) is 5.71 Å². The molecule has 7 nitrogen and oxygen atoms in total. The molecule has 4 aliphatic carbocycles. The Bertz CT molecular complexity index is 1010. The molecule has 7 atom stereocenters. The number of amides is 1. The third kappa shape index (κ3) is 3.71. The summed E-state index contributed by atoms with van der Waals surface area (Å²) in [5.74, 6) is 3.14. The molecular formula is C28H38N2O5. The maximum absolute atomic E-state index is 12.4. The predicted molar refractivity (Wildman–Crippen MR) is 131 cm³/mol. The molecule has 1 heterocycles. The molecule has 0 aromatic rings. The molecule has 7 heteroatoms. The van der Waals surface area contributed by atoms with Gasteiger partial charge in [-0.1, -0.05) is 30.5 Å². The first-order chi connectivity index (χ1) is 16.6. The number of carbonyl (C=O) groups is 2. The minimum Gasteiger partial charge on any atom is -0.480 e. The summed E-state index contributed by atoms with van der Waals surface area (Å²) < 4.78 is 0. The third-order valence-electron chi connectivity index (χ3n) is 10.6. The molecule has 4 fully saturated rings. The summed E-state index contributed by atoms with van der Waals surface area (Å²) in [5, 5.41) is 24.7. The second-order valence-electron chi connectivity index (χ2n) is 11.9. The van der Waals surface area contributed by atoms with E-state index in [1.807, 2.05) is 0 Å². The summed E-state index contributed by atoms with van der Waals surface area (Å²) in [6, 6.07) is -0.750. The molecule has 1 amide bonds. The van der Waals surface area contributed by atoms with E-state index in [2.05, 4.69) is 31.0 Å². The van der Waals surface area contributed by atoms with Gasteiger partial charge in [-0.2, -0.15) is 0 Å². The van der Waals surface area contributed by atoms with E-state index in [-0.39, 0.29) is 23.3 Å². The number of carboxylic acid groups (broad SMARTS) is 1.